The molecule has 1 aliphatic heterocycles. The number of nitrogens with zero attached hydrogens (tertiary/aromatic N) is 5. The number of rotatable bonds is 12. The van der Waals surface area contributed by atoms with Crippen molar-refractivity contribution in [2.45, 2.75) is 59.8 Å². The van der Waals surface area contributed by atoms with Crippen molar-refractivity contribution in [3.63, 3.8) is 0 Å². The Morgan fingerprint density at radius 2 is 1.88 bits per heavy atom. The molecule has 2 aromatic heterocycles. The predicted molar refractivity (Wildman–Crippen MR) is 130 cm³/mol. The quantitative estimate of drug-likeness (QED) is 0.379. The minimum absolute atomic E-state index is 0.405. The number of furan rings is 1. The zero-order valence-electron chi connectivity index (χ0n) is 20.1. The molecule has 0 aromatic carbocycles. The normalized spacial score (nSPS) is 14.8. The van der Waals surface area contributed by atoms with E-state index in [-0.39, 0.29) is 0 Å². The molecule has 1 N–H and O–H groups in total. The number of piperidine rings is 1. The maximum Gasteiger partial charge on any atom is 0.319 e. The zero-order valence-corrected chi connectivity index (χ0v) is 20.1. The lowest BCUT2D eigenvalue weighted by Gasteiger charge is -2.26. The van der Waals surface area contributed by atoms with E-state index in [9.17, 15) is 0 Å². The Labute approximate surface area is 192 Å². The van der Waals surface area contributed by atoms with E-state index < -0.39 is 0 Å². The van der Waals surface area contributed by atoms with E-state index in [1.807, 2.05) is 26.0 Å². The van der Waals surface area contributed by atoms with E-state index in [0.717, 1.165) is 62.7 Å². The van der Waals surface area contributed by atoms with E-state index in [0.29, 0.717) is 24.2 Å². The van der Waals surface area contributed by atoms with E-state index in [1.54, 1.807) is 6.21 Å². The lowest BCUT2D eigenvalue weighted by atomic mass is 10.1. The Hall–Kier alpha value is -2.61. The molecule has 32 heavy (non-hydrogen) atoms. The first-order valence-corrected chi connectivity index (χ1v) is 11.9. The van der Waals surface area contributed by atoms with Gasteiger partial charge in [-0.15, -0.1) is 0 Å². The third-order valence-electron chi connectivity index (χ3n) is 5.65. The van der Waals surface area contributed by atoms with Gasteiger partial charge in [0.15, 0.2) is 0 Å². The van der Waals surface area contributed by atoms with E-state index in [4.69, 9.17) is 14.1 Å². The molecule has 0 amide bonds. The fourth-order valence-electron chi connectivity index (χ4n) is 3.84. The van der Waals surface area contributed by atoms with Crippen molar-refractivity contribution in [2.75, 3.05) is 49.7 Å². The first kappa shape index (κ1) is 24.0. The summed E-state index contributed by atoms with van der Waals surface area (Å²) in [5.74, 6) is 2.37. The molecule has 0 saturated carbocycles. The van der Waals surface area contributed by atoms with Gasteiger partial charge in [-0.05, 0) is 58.2 Å². The van der Waals surface area contributed by atoms with Crippen LogP contribution in [0, 0.1) is 13.8 Å². The highest BCUT2D eigenvalue weighted by molar-refractivity contribution is 5.79. The van der Waals surface area contributed by atoms with Gasteiger partial charge in [0.05, 0.1) is 11.9 Å². The lowest BCUT2D eigenvalue weighted by molar-refractivity contribution is 0.177. The smallest absolute Gasteiger partial charge is 0.319 e. The van der Waals surface area contributed by atoms with Gasteiger partial charge in [0.1, 0.15) is 18.2 Å². The molecule has 1 saturated heterocycles. The number of hydrogen-bond acceptors (Lipinski definition) is 8. The molecule has 0 spiro atoms. The molecular weight excluding hydrogens is 404 g/mol. The summed E-state index contributed by atoms with van der Waals surface area (Å²) in [6.45, 7) is 14.0. The summed E-state index contributed by atoms with van der Waals surface area (Å²) < 4.78 is 11.6. The number of ether oxygens (including phenoxy) is 1. The summed E-state index contributed by atoms with van der Waals surface area (Å²) in [6, 6.07) is 4.30. The number of anilines is 2. The van der Waals surface area contributed by atoms with Gasteiger partial charge in [-0.25, -0.2) is 5.43 Å². The molecule has 176 valence electrons. The maximum absolute atomic E-state index is 5.99. The summed E-state index contributed by atoms with van der Waals surface area (Å²) >= 11 is 0. The molecule has 0 unspecified atom stereocenters. The van der Waals surface area contributed by atoms with Crippen LogP contribution < -0.4 is 15.1 Å². The summed E-state index contributed by atoms with van der Waals surface area (Å²) in [4.78, 5) is 14.0. The van der Waals surface area contributed by atoms with Crippen LogP contribution in [0.2, 0.25) is 0 Å². The number of nitrogens with one attached hydrogen (secondary N) is 1. The SMILES string of the molecule is CCCN(CCC)c1cc(/C=N/Nc2cc(C)c(C)o2)nc(OCCN2CCCCC2)n1. The predicted octanol–water partition coefficient (Wildman–Crippen LogP) is 4.62. The van der Waals surface area contributed by atoms with Gasteiger partial charge in [0, 0.05) is 31.8 Å². The molecule has 0 aliphatic carbocycles. The van der Waals surface area contributed by atoms with Gasteiger partial charge in [-0.3, -0.25) is 4.90 Å². The van der Waals surface area contributed by atoms with Crippen LogP contribution in [0.25, 0.3) is 0 Å². The molecule has 3 rings (SSSR count). The van der Waals surface area contributed by atoms with Crippen LogP contribution in [-0.4, -0.2) is 60.4 Å². The van der Waals surface area contributed by atoms with Gasteiger partial charge in [-0.1, -0.05) is 20.3 Å². The number of hydrogen-bond donors (Lipinski definition) is 1. The summed E-state index contributed by atoms with van der Waals surface area (Å²) in [5, 5.41) is 4.31. The fraction of sp³-hybridized carbons (Fsp3) is 0.625. The van der Waals surface area contributed by atoms with Crippen LogP contribution >= 0.6 is 0 Å². The Kier molecular flexibility index (Phi) is 9.34. The highest BCUT2D eigenvalue weighted by Crippen LogP contribution is 2.19. The molecule has 0 bridgehead atoms. The fourth-order valence-corrected chi connectivity index (χ4v) is 3.84. The van der Waals surface area contributed by atoms with Crippen LogP contribution in [0.15, 0.2) is 21.7 Å². The minimum atomic E-state index is 0.405. The molecule has 0 atom stereocenters. The van der Waals surface area contributed by atoms with E-state index in [2.05, 4.69) is 39.2 Å². The van der Waals surface area contributed by atoms with E-state index >= 15 is 0 Å². The Balaban J connectivity index is 1.71. The molecule has 8 heteroatoms. The number of likely N-dealkylation sites (tertiary alicyclic amines) is 1. The van der Waals surface area contributed by atoms with Crippen LogP contribution in [0.5, 0.6) is 6.01 Å². The van der Waals surface area contributed by atoms with Gasteiger partial charge < -0.3 is 14.1 Å². The highest BCUT2D eigenvalue weighted by Gasteiger charge is 2.13. The topological polar surface area (TPSA) is 79.0 Å². The van der Waals surface area contributed by atoms with Gasteiger partial charge in [-0.2, -0.15) is 15.1 Å². The van der Waals surface area contributed by atoms with Crippen molar-refractivity contribution in [3.8, 4) is 6.01 Å². The maximum atomic E-state index is 5.99. The average Bonchev–Trinajstić information content (AvgIpc) is 3.11. The lowest BCUT2D eigenvalue weighted by Crippen LogP contribution is -2.33. The molecule has 8 nitrogen and oxygen atoms in total. The van der Waals surface area contributed by atoms with Crippen LogP contribution in [0.3, 0.4) is 0 Å². The molecule has 3 heterocycles. The van der Waals surface area contributed by atoms with Crippen LogP contribution in [0.4, 0.5) is 11.7 Å². The average molecular weight is 443 g/mol. The first-order valence-electron chi connectivity index (χ1n) is 11.9. The third-order valence-corrected chi connectivity index (χ3v) is 5.65. The van der Waals surface area contributed by atoms with Crippen LogP contribution in [0.1, 0.15) is 63.0 Å². The largest absolute Gasteiger partial charge is 0.462 e. The number of aryl methyl sites for hydroxylation is 2. The second-order valence-corrected chi connectivity index (χ2v) is 8.39. The Morgan fingerprint density at radius 3 is 2.53 bits per heavy atom. The monoisotopic (exact) mass is 442 g/mol. The summed E-state index contributed by atoms with van der Waals surface area (Å²) in [5.41, 5.74) is 4.73. The molecule has 2 aromatic rings. The van der Waals surface area contributed by atoms with Crippen molar-refractivity contribution < 1.29 is 9.15 Å². The van der Waals surface area contributed by atoms with Crippen molar-refractivity contribution in [2.24, 2.45) is 5.10 Å². The molecule has 1 aliphatic rings. The number of hydrazone groups is 1. The summed E-state index contributed by atoms with van der Waals surface area (Å²) in [7, 11) is 0. The van der Waals surface area contributed by atoms with Crippen molar-refractivity contribution in [3.05, 3.63) is 29.2 Å². The minimum Gasteiger partial charge on any atom is -0.462 e. The van der Waals surface area contributed by atoms with Crippen molar-refractivity contribution in [1.29, 1.82) is 0 Å². The molecule has 1 fully saturated rings. The summed E-state index contributed by atoms with van der Waals surface area (Å²) in [6.07, 6.45) is 7.68. The Bertz CT molecular complexity index is 835. The molecular formula is C24H38N6O2. The van der Waals surface area contributed by atoms with E-state index in [1.165, 1.54) is 19.3 Å². The Morgan fingerprint density at radius 1 is 1.12 bits per heavy atom. The van der Waals surface area contributed by atoms with Gasteiger partial charge >= 0.3 is 6.01 Å². The second kappa shape index (κ2) is 12.4. The molecule has 0 radical (unpaired) electrons. The zero-order chi connectivity index (χ0) is 22.8. The standard InChI is InChI=1S/C24H38N6O2/c1-5-10-30(11-6-2)22-17-21(18-25-28-23-16-19(3)20(4)32-23)26-24(27-22)31-15-14-29-12-8-7-9-13-29/h16-18,28H,5-15H2,1-4H3/b25-18+. The van der Waals surface area contributed by atoms with Crippen molar-refractivity contribution >= 4 is 17.9 Å². The second-order valence-electron chi connectivity index (χ2n) is 8.39. The van der Waals surface area contributed by atoms with Gasteiger partial charge in [0.2, 0.25) is 5.88 Å². The van der Waals surface area contributed by atoms with Crippen molar-refractivity contribution in [1.82, 2.24) is 14.9 Å². The number of aromatic nitrogens is 2. The van der Waals surface area contributed by atoms with Crippen LogP contribution in [-0.2, 0) is 0 Å². The first-order chi connectivity index (χ1) is 15.6. The van der Waals surface area contributed by atoms with Gasteiger partial charge in [0.25, 0.3) is 0 Å². The third kappa shape index (κ3) is 7.22. The highest BCUT2D eigenvalue weighted by atomic mass is 16.5.